The first-order valence-corrected chi connectivity index (χ1v) is 7.19. The second-order valence-corrected chi connectivity index (χ2v) is 5.28. The molecular weight excluding hydrogens is 300 g/mol. The van der Waals surface area contributed by atoms with Gasteiger partial charge < -0.3 is 24.2 Å². The summed E-state index contributed by atoms with van der Waals surface area (Å²) in [5.41, 5.74) is 0.643. The minimum atomic E-state index is -0.176. The van der Waals surface area contributed by atoms with Gasteiger partial charge in [0.15, 0.2) is 17.3 Å². The van der Waals surface area contributed by atoms with Gasteiger partial charge >= 0.3 is 6.03 Å². The van der Waals surface area contributed by atoms with E-state index in [2.05, 4.69) is 15.5 Å². The Hall–Kier alpha value is -2.77. The lowest BCUT2D eigenvalue weighted by atomic mass is 10.0. The average molecular weight is 318 g/mol. The second kappa shape index (κ2) is 6.15. The number of aryl methyl sites for hydroxylation is 1. The lowest BCUT2D eigenvalue weighted by Crippen LogP contribution is -2.50. The second-order valence-electron chi connectivity index (χ2n) is 5.28. The molecule has 1 aromatic heterocycles. The van der Waals surface area contributed by atoms with Crippen LogP contribution < -0.4 is 14.8 Å². The highest BCUT2D eigenvalue weighted by Gasteiger charge is 2.35. The molecule has 2 heterocycles. The van der Waals surface area contributed by atoms with Crippen molar-refractivity contribution in [2.75, 3.05) is 32.6 Å². The molecule has 1 fully saturated rings. The van der Waals surface area contributed by atoms with Crippen LogP contribution in [0.5, 0.6) is 11.5 Å². The van der Waals surface area contributed by atoms with Crippen molar-refractivity contribution < 1.29 is 18.8 Å². The van der Waals surface area contributed by atoms with Crippen molar-refractivity contribution in [2.45, 2.75) is 12.8 Å². The summed E-state index contributed by atoms with van der Waals surface area (Å²) < 4.78 is 15.5. The first-order valence-electron chi connectivity index (χ1n) is 7.19. The van der Waals surface area contributed by atoms with Gasteiger partial charge in [-0.2, -0.15) is 4.98 Å². The van der Waals surface area contributed by atoms with E-state index in [0.717, 1.165) is 0 Å². The topological polar surface area (TPSA) is 89.7 Å². The molecular formula is C15H18N4O4. The number of urea groups is 1. The van der Waals surface area contributed by atoms with E-state index in [-0.39, 0.29) is 11.9 Å². The lowest BCUT2D eigenvalue weighted by Gasteiger charge is -2.36. The maximum Gasteiger partial charge on any atom is 0.321 e. The normalized spacial score (nSPS) is 14.3. The first kappa shape index (κ1) is 15.1. The van der Waals surface area contributed by atoms with Gasteiger partial charge in [-0.05, 0) is 19.1 Å². The molecule has 0 atom stereocenters. The summed E-state index contributed by atoms with van der Waals surface area (Å²) in [4.78, 5) is 18.1. The number of nitrogens with one attached hydrogen (secondary N) is 1. The molecule has 8 heteroatoms. The molecule has 3 rings (SSSR count). The number of benzene rings is 1. The van der Waals surface area contributed by atoms with Crippen LogP contribution in [0, 0.1) is 6.92 Å². The smallest absolute Gasteiger partial charge is 0.321 e. The van der Waals surface area contributed by atoms with Crippen molar-refractivity contribution >= 4 is 11.7 Å². The molecule has 1 aliphatic heterocycles. The number of rotatable bonds is 4. The number of anilines is 1. The van der Waals surface area contributed by atoms with Gasteiger partial charge in [0, 0.05) is 24.8 Å². The minimum Gasteiger partial charge on any atom is -0.493 e. The number of carbonyl (C=O) groups excluding carboxylic acids is 1. The number of methoxy groups -OCH3 is 2. The average Bonchev–Trinajstić information content (AvgIpc) is 2.91. The van der Waals surface area contributed by atoms with Crippen LogP contribution in [0.2, 0.25) is 0 Å². The third-order valence-corrected chi connectivity index (χ3v) is 3.70. The number of hydrogen-bond donors (Lipinski definition) is 1. The van der Waals surface area contributed by atoms with Crippen LogP contribution in [-0.2, 0) is 0 Å². The van der Waals surface area contributed by atoms with E-state index >= 15 is 0 Å². The maximum absolute atomic E-state index is 12.2. The molecule has 0 saturated carbocycles. The molecule has 2 aromatic rings. The summed E-state index contributed by atoms with van der Waals surface area (Å²) in [6, 6.07) is 5.05. The number of likely N-dealkylation sites (tertiary alicyclic amines) is 1. The Balaban J connectivity index is 1.58. The Morgan fingerprint density at radius 1 is 1.30 bits per heavy atom. The zero-order chi connectivity index (χ0) is 16.4. The summed E-state index contributed by atoms with van der Waals surface area (Å²) in [7, 11) is 3.12. The third kappa shape index (κ3) is 3.05. The molecule has 0 spiro atoms. The summed E-state index contributed by atoms with van der Waals surface area (Å²) in [6.45, 7) is 2.88. The number of amides is 2. The lowest BCUT2D eigenvalue weighted by molar-refractivity contribution is 0.147. The standard InChI is InChI=1S/C15H18N4O4/c1-9-16-14(23-18-9)10-7-19(8-10)15(20)17-11-4-5-12(21-2)13(6-11)22-3/h4-6,10H,7-8H2,1-3H3,(H,17,20). The van der Waals surface area contributed by atoms with Crippen molar-refractivity contribution in [3.8, 4) is 11.5 Å². The van der Waals surface area contributed by atoms with Crippen LogP contribution in [0.3, 0.4) is 0 Å². The van der Waals surface area contributed by atoms with E-state index < -0.39 is 0 Å². The van der Waals surface area contributed by atoms with Crippen molar-refractivity contribution in [1.29, 1.82) is 0 Å². The SMILES string of the molecule is COc1ccc(NC(=O)N2CC(c3nc(C)no3)C2)cc1OC. The Labute approximate surface area is 133 Å². The van der Waals surface area contributed by atoms with Gasteiger partial charge in [0.1, 0.15) is 0 Å². The molecule has 1 N–H and O–H groups in total. The quantitative estimate of drug-likeness (QED) is 0.927. The molecule has 8 nitrogen and oxygen atoms in total. The van der Waals surface area contributed by atoms with Crippen LogP contribution in [0.1, 0.15) is 17.6 Å². The van der Waals surface area contributed by atoms with E-state index in [9.17, 15) is 4.79 Å². The van der Waals surface area contributed by atoms with Gasteiger partial charge in [0.2, 0.25) is 5.89 Å². The molecule has 0 radical (unpaired) electrons. The van der Waals surface area contributed by atoms with E-state index in [4.69, 9.17) is 14.0 Å². The molecule has 1 aliphatic rings. The molecule has 1 saturated heterocycles. The maximum atomic E-state index is 12.2. The van der Waals surface area contributed by atoms with Gasteiger partial charge in [-0.1, -0.05) is 5.16 Å². The Bertz CT molecular complexity index is 709. The molecule has 0 aliphatic carbocycles. The highest BCUT2D eigenvalue weighted by Crippen LogP contribution is 2.31. The largest absolute Gasteiger partial charge is 0.493 e. The number of ether oxygens (including phenoxy) is 2. The fourth-order valence-electron chi connectivity index (χ4n) is 2.40. The predicted molar refractivity (Wildman–Crippen MR) is 81.9 cm³/mol. The number of nitrogens with zero attached hydrogens (tertiary/aromatic N) is 3. The van der Waals surface area contributed by atoms with Crippen molar-refractivity contribution in [3.63, 3.8) is 0 Å². The Morgan fingerprint density at radius 2 is 2.04 bits per heavy atom. The van der Waals surface area contributed by atoms with Crippen molar-refractivity contribution in [2.24, 2.45) is 0 Å². The van der Waals surface area contributed by atoms with Crippen molar-refractivity contribution in [1.82, 2.24) is 15.0 Å². The van der Waals surface area contributed by atoms with Crippen LogP contribution in [-0.4, -0.2) is 48.4 Å². The Morgan fingerprint density at radius 3 is 2.65 bits per heavy atom. The van der Waals surface area contributed by atoms with Gasteiger partial charge in [-0.25, -0.2) is 4.79 Å². The fourth-order valence-corrected chi connectivity index (χ4v) is 2.40. The summed E-state index contributed by atoms with van der Waals surface area (Å²) in [5, 5.41) is 6.59. The number of hydrogen-bond acceptors (Lipinski definition) is 6. The Kier molecular flexibility index (Phi) is 4.05. The fraction of sp³-hybridized carbons (Fsp3) is 0.400. The van der Waals surface area contributed by atoms with Crippen molar-refractivity contribution in [3.05, 3.63) is 29.9 Å². The van der Waals surface area contributed by atoms with E-state index in [0.29, 0.717) is 42.0 Å². The highest BCUT2D eigenvalue weighted by molar-refractivity contribution is 5.90. The first-order chi connectivity index (χ1) is 11.1. The van der Waals surface area contributed by atoms with E-state index in [1.165, 1.54) is 0 Å². The van der Waals surface area contributed by atoms with Gasteiger partial charge in [-0.3, -0.25) is 0 Å². The molecule has 0 bridgehead atoms. The third-order valence-electron chi connectivity index (χ3n) is 3.70. The monoisotopic (exact) mass is 318 g/mol. The predicted octanol–water partition coefficient (Wildman–Crippen LogP) is 2.03. The molecule has 1 aromatic carbocycles. The number of aromatic nitrogens is 2. The van der Waals surface area contributed by atoms with Gasteiger partial charge in [-0.15, -0.1) is 0 Å². The molecule has 2 amide bonds. The van der Waals surface area contributed by atoms with Crippen LogP contribution in [0.4, 0.5) is 10.5 Å². The minimum absolute atomic E-state index is 0.104. The van der Waals surface area contributed by atoms with Crippen LogP contribution in [0.15, 0.2) is 22.7 Å². The zero-order valence-corrected chi connectivity index (χ0v) is 13.2. The van der Waals surface area contributed by atoms with Crippen LogP contribution in [0.25, 0.3) is 0 Å². The summed E-state index contributed by atoms with van der Waals surface area (Å²) >= 11 is 0. The zero-order valence-electron chi connectivity index (χ0n) is 13.2. The molecule has 122 valence electrons. The van der Waals surface area contributed by atoms with E-state index in [1.54, 1.807) is 44.2 Å². The molecule has 0 unspecified atom stereocenters. The summed E-state index contributed by atoms with van der Waals surface area (Å²) in [5.74, 6) is 2.47. The van der Waals surface area contributed by atoms with Gasteiger partial charge in [0.25, 0.3) is 0 Å². The molecule has 23 heavy (non-hydrogen) atoms. The van der Waals surface area contributed by atoms with Crippen LogP contribution >= 0.6 is 0 Å². The van der Waals surface area contributed by atoms with Gasteiger partial charge in [0.05, 0.1) is 20.1 Å². The van der Waals surface area contributed by atoms with E-state index in [1.807, 2.05) is 0 Å². The number of carbonyl (C=O) groups is 1. The highest BCUT2D eigenvalue weighted by atomic mass is 16.5. The summed E-state index contributed by atoms with van der Waals surface area (Å²) in [6.07, 6.45) is 0.